The molecule has 0 aromatic heterocycles. The molecule has 0 saturated carbocycles. The topological polar surface area (TPSA) is 79.3 Å². The summed E-state index contributed by atoms with van der Waals surface area (Å²) in [6.07, 6.45) is 0. The Balaban J connectivity index is 1.70. The van der Waals surface area contributed by atoms with Crippen LogP contribution in [-0.2, 0) is 9.59 Å². The molecule has 3 aromatic rings. The first-order chi connectivity index (χ1) is 17.4. The van der Waals surface area contributed by atoms with E-state index in [4.69, 9.17) is 9.47 Å². The molecule has 1 fully saturated rings. The number of ether oxygens (including phenoxy) is 2. The molecule has 1 atom stereocenters. The van der Waals surface area contributed by atoms with Crippen LogP contribution >= 0.6 is 0 Å². The number of carbonyl (C=O) groups is 2. The van der Waals surface area contributed by atoms with Crippen molar-refractivity contribution in [1.82, 2.24) is 0 Å². The number of nitrogens with zero attached hydrogens (tertiary/aromatic N) is 2. The standard InChI is InChI=1S/C29H28N2O5/c1-4-35-21-10-7-9-20(17-21)31-26(22-11-6-5-8-18(22)2)25(28(33)29(31)34)27(32)19-12-13-24-23(16-19)30(3)14-15-36-24/h5-13,16-17,26,32H,4,14-15H2,1-3H3/b27-25+. The van der Waals surface area contributed by atoms with E-state index in [0.29, 0.717) is 42.5 Å². The molecule has 1 amide bonds. The van der Waals surface area contributed by atoms with Gasteiger partial charge in [-0.25, -0.2) is 0 Å². The largest absolute Gasteiger partial charge is 0.507 e. The summed E-state index contributed by atoms with van der Waals surface area (Å²) in [5, 5.41) is 11.5. The van der Waals surface area contributed by atoms with Gasteiger partial charge in [0.05, 0.1) is 30.5 Å². The van der Waals surface area contributed by atoms with Crippen LogP contribution in [-0.4, -0.2) is 43.6 Å². The third-order valence-electron chi connectivity index (χ3n) is 6.66. The molecule has 0 aliphatic carbocycles. The van der Waals surface area contributed by atoms with E-state index in [9.17, 15) is 14.7 Å². The molecule has 0 radical (unpaired) electrons. The summed E-state index contributed by atoms with van der Waals surface area (Å²) in [7, 11) is 1.95. The summed E-state index contributed by atoms with van der Waals surface area (Å²) in [5.74, 6) is -0.337. The Hall–Kier alpha value is -4.26. The van der Waals surface area contributed by atoms with Gasteiger partial charge < -0.3 is 19.5 Å². The van der Waals surface area contributed by atoms with Crippen LogP contribution in [0.15, 0.2) is 72.3 Å². The van der Waals surface area contributed by atoms with Crippen LogP contribution < -0.4 is 19.3 Å². The maximum Gasteiger partial charge on any atom is 0.300 e. The molecule has 2 heterocycles. The van der Waals surface area contributed by atoms with E-state index in [-0.39, 0.29) is 11.3 Å². The zero-order valence-electron chi connectivity index (χ0n) is 20.5. The molecule has 1 N–H and O–H groups in total. The Labute approximate surface area is 210 Å². The second-order valence-corrected chi connectivity index (χ2v) is 8.91. The molecule has 2 aliphatic heterocycles. The number of likely N-dealkylation sites (N-methyl/N-ethyl adjacent to an activating group) is 1. The average molecular weight is 485 g/mol. The van der Waals surface area contributed by atoms with Crippen molar-refractivity contribution in [2.75, 3.05) is 36.6 Å². The van der Waals surface area contributed by atoms with Crippen molar-refractivity contribution in [3.05, 3.63) is 89.0 Å². The van der Waals surface area contributed by atoms with Gasteiger partial charge in [0.2, 0.25) is 0 Å². The molecule has 0 bridgehead atoms. The van der Waals surface area contributed by atoms with Crippen LogP contribution in [0.3, 0.4) is 0 Å². The fourth-order valence-corrected chi connectivity index (χ4v) is 4.83. The van der Waals surface area contributed by atoms with Gasteiger partial charge in [-0.3, -0.25) is 14.5 Å². The number of ketones is 1. The van der Waals surface area contributed by atoms with Crippen molar-refractivity contribution in [2.24, 2.45) is 0 Å². The first-order valence-corrected chi connectivity index (χ1v) is 12.0. The van der Waals surface area contributed by atoms with Gasteiger partial charge in [0.1, 0.15) is 23.9 Å². The molecule has 0 spiro atoms. The van der Waals surface area contributed by atoms with Gasteiger partial charge in [-0.2, -0.15) is 0 Å². The summed E-state index contributed by atoms with van der Waals surface area (Å²) in [4.78, 5) is 30.4. The van der Waals surface area contributed by atoms with E-state index >= 15 is 0 Å². The van der Waals surface area contributed by atoms with Crippen LogP contribution in [0.25, 0.3) is 5.76 Å². The molecular weight excluding hydrogens is 456 g/mol. The maximum absolute atomic E-state index is 13.5. The monoisotopic (exact) mass is 484 g/mol. The quantitative estimate of drug-likeness (QED) is 0.317. The summed E-state index contributed by atoms with van der Waals surface area (Å²) in [6.45, 7) is 5.57. The SMILES string of the molecule is CCOc1cccc(N2C(=O)C(=O)/C(=C(/O)c3ccc4c(c3)N(C)CCO4)C2c2ccccc2C)c1. The summed E-state index contributed by atoms with van der Waals surface area (Å²) in [5.41, 5.74) is 3.50. The van der Waals surface area contributed by atoms with Gasteiger partial charge in [0.25, 0.3) is 11.7 Å². The molecule has 3 aromatic carbocycles. The number of anilines is 2. The van der Waals surface area contributed by atoms with E-state index in [2.05, 4.69) is 0 Å². The molecular formula is C29H28N2O5. The molecule has 5 rings (SSSR count). The third-order valence-corrected chi connectivity index (χ3v) is 6.66. The summed E-state index contributed by atoms with van der Waals surface area (Å²) < 4.78 is 11.4. The normalized spacial score (nSPS) is 18.7. The van der Waals surface area contributed by atoms with Crippen LogP contribution in [0.2, 0.25) is 0 Å². The van der Waals surface area contributed by atoms with E-state index in [1.807, 2.05) is 50.1 Å². The number of aryl methyl sites for hydroxylation is 1. The number of fused-ring (bicyclic) bond motifs is 1. The number of amides is 1. The predicted molar refractivity (Wildman–Crippen MR) is 139 cm³/mol. The van der Waals surface area contributed by atoms with Crippen molar-refractivity contribution < 1.29 is 24.2 Å². The molecule has 2 aliphatic rings. The minimum atomic E-state index is -0.798. The molecule has 184 valence electrons. The second kappa shape index (κ2) is 9.41. The van der Waals surface area contributed by atoms with Gasteiger partial charge in [-0.05, 0) is 55.3 Å². The molecule has 7 heteroatoms. The zero-order chi connectivity index (χ0) is 25.4. The average Bonchev–Trinajstić information content (AvgIpc) is 3.14. The lowest BCUT2D eigenvalue weighted by Crippen LogP contribution is -2.29. The number of hydrogen-bond acceptors (Lipinski definition) is 6. The lowest BCUT2D eigenvalue weighted by molar-refractivity contribution is -0.132. The highest BCUT2D eigenvalue weighted by molar-refractivity contribution is 6.51. The van der Waals surface area contributed by atoms with Crippen molar-refractivity contribution in [3.8, 4) is 11.5 Å². The number of Topliss-reactive ketones (excluding diaryl/α,β-unsaturated/α-hetero) is 1. The van der Waals surface area contributed by atoms with Gasteiger partial charge in [-0.1, -0.05) is 30.3 Å². The molecule has 1 unspecified atom stereocenters. The van der Waals surface area contributed by atoms with Crippen molar-refractivity contribution in [1.29, 1.82) is 0 Å². The van der Waals surface area contributed by atoms with Crippen molar-refractivity contribution in [3.63, 3.8) is 0 Å². The zero-order valence-corrected chi connectivity index (χ0v) is 20.5. The highest BCUT2D eigenvalue weighted by Gasteiger charge is 2.47. The van der Waals surface area contributed by atoms with E-state index < -0.39 is 17.7 Å². The lowest BCUT2D eigenvalue weighted by Gasteiger charge is -2.28. The second-order valence-electron chi connectivity index (χ2n) is 8.91. The van der Waals surface area contributed by atoms with Crippen molar-refractivity contribution >= 4 is 28.8 Å². The highest BCUT2D eigenvalue weighted by atomic mass is 16.5. The van der Waals surface area contributed by atoms with E-state index in [1.165, 1.54) is 4.90 Å². The van der Waals surface area contributed by atoms with E-state index in [0.717, 1.165) is 16.8 Å². The molecule has 7 nitrogen and oxygen atoms in total. The predicted octanol–water partition coefficient (Wildman–Crippen LogP) is 4.85. The Kier molecular flexibility index (Phi) is 6.14. The van der Waals surface area contributed by atoms with E-state index in [1.54, 1.807) is 42.5 Å². The Bertz CT molecular complexity index is 1380. The first-order valence-electron chi connectivity index (χ1n) is 12.0. The number of benzene rings is 3. The minimum absolute atomic E-state index is 0.0513. The Morgan fingerprint density at radius 1 is 1.08 bits per heavy atom. The Morgan fingerprint density at radius 3 is 2.67 bits per heavy atom. The van der Waals surface area contributed by atoms with Gasteiger partial charge in [0.15, 0.2) is 0 Å². The summed E-state index contributed by atoms with van der Waals surface area (Å²) >= 11 is 0. The minimum Gasteiger partial charge on any atom is -0.507 e. The smallest absolute Gasteiger partial charge is 0.300 e. The molecule has 36 heavy (non-hydrogen) atoms. The highest BCUT2D eigenvalue weighted by Crippen LogP contribution is 2.44. The van der Waals surface area contributed by atoms with Crippen molar-refractivity contribution in [2.45, 2.75) is 19.9 Å². The summed E-state index contributed by atoms with van der Waals surface area (Å²) in [6, 6.07) is 19.2. The van der Waals surface area contributed by atoms with Gasteiger partial charge in [-0.15, -0.1) is 0 Å². The van der Waals surface area contributed by atoms with Crippen LogP contribution in [0.5, 0.6) is 11.5 Å². The fourth-order valence-electron chi connectivity index (χ4n) is 4.83. The number of aliphatic hydroxyl groups is 1. The van der Waals surface area contributed by atoms with Gasteiger partial charge in [0, 0.05) is 24.4 Å². The van der Waals surface area contributed by atoms with Gasteiger partial charge >= 0.3 is 0 Å². The number of carbonyl (C=O) groups excluding carboxylic acids is 2. The maximum atomic E-state index is 13.5. The van der Waals surface area contributed by atoms with Crippen LogP contribution in [0.1, 0.15) is 29.7 Å². The molecule has 1 saturated heterocycles. The first kappa shape index (κ1) is 23.5. The third kappa shape index (κ3) is 3.96. The lowest BCUT2D eigenvalue weighted by atomic mass is 9.92. The number of rotatable bonds is 5. The number of aliphatic hydroxyl groups excluding tert-OH is 1. The van der Waals surface area contributed by atoms with Crippen LogP contribution in [0, 0.1) is 6.92 Å². The Morgan fingerprint density at radius 2 is 1.89 bits per heavy atom. The number of hydrogen-bond donors (Lipinski definition) is 1. The van der Waals surface area contributed by atoms with Crippen LogP contribution in [0.4, 0.5) is 11.4 Å². The fraction of sp³-hybridized carbons (Fsp3) is 0.241.